The number of rotatable bonds is 5. The molecule has 4 heteroatoms. The van der Waals surface area contributed by atoms with Crippen molar-refractivity contribution in [3.05, 3.63) is 71.8 Å². The standard InChI is InChI=1S/C23H22N2O2/c1-2-3-13-27-23(26)19-15-18-14-17-9-7-8-12-21(17)24-22(18)25(16-19)20-10-5-4-6-11-20/h4-12,14-15H,2-3,13,16H2,1H3. The van der Waals surface area contributed by atoms with Crippen molar-refractivity contribution >= 4 is 34.5 Å². The Morgan fingerprint density at radius 2 is 1.89 bits per heavy atom. The monoisotopic (exact) mass is 358 g/mol. The van der Waals surface area contributed by atoms with Crippen molar-refractivity contribution in [2.75, 3.05) is 18.1 Å². The molecule has 1 aliphatic rings. The Balaban J connectivity index is 1.77. The Morgan fingerprint density at radius 3 is 2.70 bits per heavy atom. The second-order valence-electron chi connectivity index (χ2n) is 6.67. The van der Waals surface area contributed by atoms with Crippen molar-refractivity contribution in [3.8, 4) is 0 Å². The van der Waals surface area contributed by atoms with E-state index in [1.165, 1.54) is 0 Å². The molecule has 4 nitrogen and oxygen atoms in total. The fraction of sp³-hybridized carbons (Fsp3) is 0.217. The zero-order valence-electron chi connectivity index (χ0n) is 15.4. The molecular weight excluding hydrogens is 336 g/mol. The first-order valence-corrected chi connectivity index (χ1v) is 9.36. The second-order valence-corrected chi connectivity index (χ2v) is 6.67. The second kappa shape index (κ2) is 7.62. The van der Waals surface area contributed by atoms with Gasteiger partial charge in [0.1, 0.15) is 5.82 Å². The topological polar surface area (TPSA) is 42.4 Å². The molecular formula is C23H22N2O2. The van der Waals surface area contributed by atoms with Gasteiger partial charge in [-0.15, -0.1) is 0 Å². The van der Waals surface area contributed by atoms with Gasteiger partial charge in [-0.1, -0.05) is 49.7 Å². The predicted octanol–water partition coefficient (Wildman–Crippen LogP) is 5.11. The number of esters is 1. The zero-order chi connectivity index (χ0) is 18.6. The van der Waals surface area contributed by atoms with Crippen molar-refractivity contribution in [2.24, 2.45) is 0 Å². The SMILES string of the molecule is CCCCOC(=O)C1=Cc2cc3ccccc3nc2N(c2ccccc2)C1. The number of hydrogen-bond donors (Lipinski definition) is 0. The third kappa shape index (κ3) is 3.56. The summed E-state index contributed by atoms with van der Waals surface area (Å²) >= 11 is 0. The lowest BCUT2D eigenvalue weighted by Gasteiger charge is -2.30. The van der Waals surface area contributed by atoms with Crippen LogP contribution in [0.25, 0.3) is 17.0 Å². The van der Waals surface area contributed by atoms with Gasteiger partial charge in [0.25, 0.3) is 0 Å². The van der Waals surface area contributed by atoms with Gasteiger partial charge in [-0.2, -0.15) is 0 Å². The number of nitrogens with zero attached hydrogens (tertiary/aromatic N) is 2. The zero-order valence-corrected chi connectivity index (χ0v) is 15.4. The summed E-state index contributed by atoms with van der Waals surface area (Å²) in [6.07, 6.45) is 3.80. The first-order valence-electron chi connectivity index (χ1n) is 9.36. The van der Waals surface area contributed by atoms with E-state index in [2.05, 4.69) is 17.9 Å². The fourth-order valence-corrected chi connectivity index (χ4v) is 3.27. The molecule has 27 heavy (non-hydrogen) atoms. The molecule has 136 valence electrons. The summed E-state index contributed by atoms with van der Waals surface area (Å²) in [5, 5.41) is 1.06. The molecule has 0 bridgehead atoms. The maximum atomic E-state index is 12.6. The van der Waals surface area contributed by atoms with Crippen LogP contribution in [0.5, 0.6) is 0 Å². The van der Waals surface area contributed by atoms with E-state index in [-0.39, 0.29) is 5.97 Å². The lowest BCUT2D eigenvalue weighted by Crippen LogP contribution is -2.28. The number of para-hydroxylation sites is 2. The van der Waals surface area contributed by atoms with Crippen LogP contribution >= 0.6 is 0 Å². The summed E-state index contributed by atoms with van der Waals surface area (Å²) < 4.78 is 5.45. The van der Waals surface area contributed by atoms with E-state index >= 15 is 0 Å². The molecule has 0 aliphatic carbocycles. The van der Waals surface area contributed by atoms with Crippen molar-refractivity contribution < 1.29 is 9.53 Å². The van der Waals surface area contributed by atoms with E-state index in [1.54, 1.807) is 0 Å². The molecule has 0 fully saturated rings. The van der Waals surface area contributed by atoms with Crippen LogP contribution in [0.4, 0.5) is 11.5 Å². The highest BCUT2D eigenvalue weighted by atomic mass is 16.5. The van der Waals surface area contributed by atoms with Crippen LogP contribution < -0.4 is 4.90 Å². The quantitative estimate of drug-likeness (QED) is 0.469. The van der Waals surface area contributed by atoms with Crippen molar-refractivity contribution in [1.82, 2.24) is 4.98 Å². The van der Waals surface area contributed by atoms with Crippen molar-refractivity contribution in [3.63, 3.8) is 0 Å². The van der Waals surface area contributed by atoms with E-state index in [0.29, 0.717) is 18.7 Å². The minimum absolute atomic E-state index is 0.247. The number of aromatic nitrogens is 1. The summed E-state index contributed by atoms with van der Waals surface area (Å²) in [5.74, 6) is 0.619. The number of carbonyl (C=O) groups excluding carboxylic acids is 1. The number of ether oxygens (including phenoxy) is 1. The Bertz CT molecular complexity index is 996. The number of unbranched alkanes of at least 4 members (excludes halogenated alkanes) is 1. The van der Waals surface area contributed by atoms with Gasteiger partial charge in [-0.3, -0.25) is 0 Å². The van der Waals surface area contributed by atoms with Gasteiger partial charge < -0.3 is 9.64 Å². The van der Waals surface area contributed by atoms with Gasteiger partial charge in [0.2, 0.25) is 0 Å². The average molecular weight is 358 g/mol. The highest BCUT2D eigenvalue weighted by molar-refractivity contribution is 5.99. The van der Waals surface area contributed by atoms with Crippen LogP contribution in [-0.4, -0.2) is 24.1 Å². The Hall–Kier alpha value is -3.14. The fourth-order valence-electron chi connectivity index (χ4n) is 3.27. The smallest absolute Gasteiger partial charge is 0.335 e. The molecule has 1 aliphatic heterocycles. The number of hydrogen-bond acceptors (Lipinski definition) is 4. The molecule has 2 heterocycles. The van der Waals surface area contributed by atoms with Crippen LogP contribution in [0.15, 0.2) is 66.2 Å². The van der Waals surface area contributed by atoms with Gasteiger partial charge in [0.15, 0.2) is 0 Å². The van der Waals surface area contributed by atoms with Gasteiger partial charge in [0.05, 0.1) is 24.2 Å². The summed E-state index contributed by atoms with van der Waals surface area (Å²) in [6, 6.07) is 20.2. The molecule has 0 radical (unpaired) electrons. The van der Waals surface area contributed by atoms with Gasteiger partial charge in [0, 0.05) is 16.6 Å². The summed E-state index contributed by atoms with van der Waals surface area (Å²) in [7, 11) is 0. The van der Waals surface area contributed by atoms with Crippen LogP contribution in [0.1, 0.15) is 25.3 Å². The highest BCUT2D eigenvalue weighted by Gasteiger charge is 2.25. The summed E-state index contributed by atoms with van der Waals surface area (Å²) in [4.78, 5) is 19.5. The normalized spacial score (nSPS) is 13.2. The molecule has 0 spiro atoms. The molecule has 4 rings (SSSR count). The Kier molecular flexibility index (Phi) is 4.88. The van der Waals surface area contributed by atoms with Crippen LogP contribution in [-0.2, 0) is 9.53 Å². The highest BCUT2D eigenvalue weighted by Crippen LogP contribution is 2.35. The molecule has 0 saturated carbocycles. The molecule has 3 aromatic rings. The number of fused-ring (bicyclic) bond motifs is 2. The lowest BCUT2D eigenvalue weighted by atomic mass is 10.0. The average Bonchev–Trinajstić information content (AvgIpc) is 2.72. The number of pyridine rings is 1. The largest absolute Gasteiger partial charge is 0.462 e. The van der Waals surface area contributed by atoms with Crippen LogP contribution in [0.3, 0.4) is 0 Å². The molecule has 0 atom stereocenters. The molecule has 0 amide bonds. The van der Waals surface area contributed by atoms with E-state index in [9.17, 15) is 4.79 Å². The van der Waals surface area contributed by atoms with E-state index < -0.39 is 0 Å². The minimum Gasteiger partial charge on any atom is -0.462 e. The van der Waals surface area contributed by atoms with Crippen LogP contribution in [0, 0.1) is 0 Å². The molecule has 0 N–H and O–H groups in total. The maximum absolute atomic E-state index is 12.6. The third-order valence-corrected chi connectivity index (χ3v) is 4.71. The number of anilines is 2. The number of carbonyl (C=O) groups is 1. The van der Waals surface area contributed by atoms with Gasteiger partial charge in [-0.25, -0.2) is 9.78 Å². The van der Waals surface area contributed by atoms with Crippen LogP contribution in [0.2, 0.25) is 0 Å². The molecule has 2 aromatic carbocycles. The van der Waals surface area contributed by atoms with Gasteiger partial charge >= 0.3 is 5.97 Å². The predicted molar refractivity (Wildman–Crippen MR) is 109 cm³/mol. The third-order valence-electron chi connectivity index (χ3n) is 4.71. The summed E-state index contributed by atoms with van der Waals surface area (Å²) in [6.45, 7) is 2.99. The minimum atomic E-state index is -0.247. The van der Waals surface area contributed by atoms with Crippen molar-refractivity contribution in [1.29, 1.82) is 0 Å². The molecule has 0 unspecified atom stereocenters. The Labute approximate surface area is 159 Å². The van der Waals surface area contributed by atoms with E-state index in [4.69, 9.17) is 9.72 Å². The van der Waals surface area contributed by atoms with E-state index in [0.717, 1.165) is 40.8 Å². The molecule has 1 aromatic heterocycles. The maximum Gasteiger partial charge on any atom is 0.335 e. The van der Waals surface area contributed by atoms with Crippen molar-refractivity contribution in [2.45, 2.75) is 19.8 Å². The number of benzene rings is 2. The van der Waals surface area contributed by atoms with Gasteiger partial charge in [-0.05, 0) is 36.8 Å². The lowest BCUT2D eigenvalue weighted by molar-refractivity contribution is -0.139. The summed E-state index contributed by atoms with van der Waals surface area (Å²) in [5.41, 5.74) is 3.54. The first-order chi connectivity index (χ1) is 13.3. The van der Waals surface area contributed by atoms with E-state index in [1.807, 2.05) is 60.7 Å². The molecule has 0 saturated heterocycles. The first kappa shape index (κ1) is 17.3. The Morgan fingerprint density at radius 1 is 1.11 bits per heavy atom.